The van der Waals surface area contributed by atoms with Crippen LogP contribution >= 0.6 is 11.8 Å². The van der Waals surface area contributed by atoms with Gasteiger partial charge in [0.05, 0.1) is 0 Å². The molecule has 0 spiro atoms. The van der Waals surface area contributed by atoms with Gasteiger partial charge in [-0.25, -0.2) is 4.42 Å². The quantitative estimate of drug-likeness (QED) is 0.608. The van der Waals surface area contributed by atoms with E-state index in [-0.39, 0.29) is 18.7 Å². The largest absolute Gasteiger partial charge is 0.473 e. The summed E-state index contributed by atoms with van der Waals surface area (Å²) in [5.74, 6) is 0.790. The van der Waals surface area contributed by atoms with Crippen LogP contribution in [0.3, 0.4) is 0 Å². The van der Waals surface area contributed by atoms with Crippen molar-refractivity contribution in [3.63, 3.8) is 0 Å². The minimum atomic E-state index is -0.290. The van der Waals surface area contributed by atoms with E-state index in [1.54, 1.807) is 9.32 Å². The van der Waals surface area contributed by atoms with Crippen molar-refractivity contribution in [2.75, 3.05) is 26.4 Å². The highest BCUT2D eigenvalue weighted by molar-refractivity contribution is 6.15. The number of amides is 1. The van der Waals surface area contributed by atoms with E-state index in [9.17, 15) is 4.79 Å². The van der Waals surface area contributed by atoms with Gasteiger partial charge in [0.1, 0.15) is 11.8 Å². The van der Waals surface area contributed by atoms with Gasteiger partial charge in [-0.2, -0.15) is 0 Å². The first kappa shape index (κ1) is 18.0. The molecule has 1 fully saturated rings. The zero-order valence-corrected chi connectivity index (χ0v) is 15.0. The third-order valence-electron chi connectivity index (χ3n) is 4.56. The molecule has 2 aromatic rings. The summed E-state index contributed by atoms with van der Waals surface area (Å²) in [5.41, 5.74) is 5.53. The van der Waals surface area contributed by atoms with E-state index in [4.69, 9.17) is 22.2 Å². The van der Waals surface area contributed by atoms with Gasteiger partial charge in [-0.05, 0) is 54.1 Å². The van der Waals surface area contributed by atoms with Gasteiger partial charge >= 0.3 is 0 Å². The second kappa shape index (κ2) is 8.52. The number of halogens is 1. The summed E-state index contributed by atoms with van der Waals surface area (Å²) in [6, 6.07) is 13.8. The fourth-order valence-corrected chi connectivity index (χ4v) is 3.35. The minimum Gasteiger partial charge on any atom is -0.473 e. The van der Waals surface area contributed by atoms with Gasteiger partial charge in [0.25, 0.3) is 0 Å². The number of ether oxygens (including phenoxy) is 1. The fourth-order valence-electron chi connectivity index (χ4n) is 3.10. The monoisotopic (exact) mass is 361 g/mol. The van der Waals surface area contributed by atoms with Crippen molar-refractivity contribution in [2.24, 2.45) is 5.73 Å². The maximum atomic E-state index is 12.7. The Hall–Kier alpha value is -1.82. The van der Waals surface area contributed by atoms with E-state index in [1.165, 1.54) is 5.39 Å². The van der Waals surface area contributed by atoms with Crippen LogP contribution in [0.25, 0.3) is 10.8 Å². The van der Waals surface area contributed by atoms with E-state index >= 15 is 0 Å². The molecular weight excluding hydrogens is 338 g/mol. The normalized spacial score (nSPS) is 18.7. The van der Waals surface area contributed by atoms with Gasteiger partial charge in [-0.3, -0.25) is 4.79 Å². The van der Waals surface area contributed by atoms with E-state index in [0.717, 1.165) is 30.4 Å². The van der Waals surface area contributed by atoms with Crippen LogP contribution in [0.5, 0.6) is 5.75 Å². The molecule has 1 aliphatic heterocycles. The van der Waals surface area contributed by atoms with E-state index < -0.39 is 0 Å². The number of nitrogens with zero attached hydrogens (tertiary/aromatic N) is 2. The number of fused-ring (bicyclic) bond motifs is 1. The zero-order chi connectivity index (χ0) is 17.6. The summed E-state index contributed by atoms with van der Waals surface area (Å²) in [5, 5.41) is 2.29. The Morgan fingerprint density at radius 2 is 1.92 bits per heavy atom. The third-order valence-corrected chi connectivity index (χ3v) is 4.96. The Morgan fingerprint density at radius 3 is 2.72 bits per heavy atom. The average Bonchev–Trinajstić information content (AvgIpc) is 2.63. The van der Waals surface area contributed by atoms with Gasteiger partial charge < -0.3 is 15.4 Å². The lowest BCUT2D eigenvalue weighted by Gasteiger charge is -2.36. The molecule has 0 bridgehead atoms. The molecule has 134 valence electrons. The summed E-state index contributed by atoms with van der Waals surface area (Å²) in [4.78, 5) is 14.4. The molecule has 1 heterocycles. The standard InChI is InChI=1S/C19H24ClN3O2/c20-23-12-11-22(19(24)18(23)7-3-4-10-21)14-25-17-9-8-15-5-1-2-6-16(15)13-17/h1-2,5-6,8-9,13,18H,3-4,7,10-12,14,21H2/t18-/m0/s1. The van der Waals surface area contributed by atoms with Gasteiger partial charge in [0.2, 0.25) is 5.91 Å². The molecule has 2 aromatic carbocycles. The van der Waals surface area contributed by atoms with E-state index in [2.05, 4.69) is 6.07 Å². The lowest BCUT2D eigenvalue weighted by Crippen LogP contribution is -2.54. The topological polar surface area (TPSA) is 58.8 Å². The van der Waals surface area contributed by atoms with Crippen LogP contribution in [-0.4, -0.2) is 47.6 Å². The summed E-state index contributed by atoms with van der Waals surface area (Å²) >= 11 is 6.22. The molecule has 3 rings (SSSR count). The molecule has 25 heavy (non-hydrogen) atoms. The van der Waals surface area contributed by atoms with Crippen molar-refractivity contribution in [1.29, 1.82) is 0 Å². The van der Waals surface area contributed by atoms with Gasteiger partial charge in [-0.1, -0.05) is 36.8 Å². The Kier molecular flexibility index (Phi) is 6.13. The molecule has 1 atom stereocenters. The van der Waals surface area contributed by atoms with Crippen LogP contribution < -0.4 is 10.5 Å². The summed E-state index contributed by atoms with van der Waals surface area (Å²) in [6.07, 6.45) is 2.53. The van der Waals surface area contributed by atoms with Crippen molar-refractivity contribution in [3.05, 3.63) is 42.5 Å². The number of hydrogen-bond acceptors (Lipinski definition) is 4. The predicted molar refractivity (Wildman–Crippen MR) is 100 cm³/mol. The minimum absolute atomic E-state index is 0.0269. The molecule has 5 nitrogen and oxygen atoms in total. The van der Waals surface area contributed by atoms with Crippen LogP contribution in [-0.2, 0) is 4.79 Å². The van der Waals surface area contributed by atoms with E-state index in [0.29, 0.717) is 19.6 Å². The Labute approximate surface area is 153 Å². The third kappa shape index (κ3) is 4.42. The SMILES string of the molecule is NCCCC[C@H]1C(=O)N(COc2ccc3ccccc3c2)CCN1Cl. The molecule has 0 radical (unpaired) electrons. The van der Waals surface area contributed by atoms with E-state index in [1.807, 2.05) is 36.4 Å². The smallest absolute Gasteiger partial charge is 0.243 e. The van der Waals surface area contributed by atoms with Gasteiger partial charge in [-0.15, -0.1) is 0 Å². The maximum Gasteiger partial charge on any atom is 0.243 e. The highest BCUT2D eigenvalue weighted by atomic mass is 35.5. The van der Waals surface area contributed by atoms with Crippen molar-refractivity contribution in [1.82, 2.24) is 9.32 Å². The number of rotatable bonds is 7. The number of benzene rings is 2. The highest BCUT2D eigenvalue weighted by Crippen LogP contribution is 2.22. The van der Waals surface area contributed by atoms with Crippen LogP contribution in [0, 0.1) is 0 Å². The second-order valence-electron chi connectivity index (χ2n) is 6.31. The van der Waals surface area contributed by atoms with Crippen LogP contribution in [0.15, 0.2) is 42.5 Å². The second-order valence-corrected chi connectivity index (χ2v) is 6.74. The predicted octanol–water partition coefficient (Wildman–Crippen LogP) is 2.97. The number of nitrogens with two attached hydrogens (primary N) is 1. The Morgan fingerprint density at radius 1 is 1.12 bits per heavy atom. The van der Waals surface area contributed by atoms with Crippen LogP contribution in [0.1, 0.15) is 19.3 Å². The zero-order valence-electron chi connectivity index (χ0n) is 14.2. The molecule has 0 aromatic heterocycles. The molecule has 2 N–H and O–H groups in total. The fraction of sp³-hybridized carbons (Fsp3) is 0.421. The average molecular weight is 362 g/mol. The number of hydrogen-bond donors (Lipinski definition) is 1. The first-order valence-electron chi connectivity index (χ1n) is 8.72. The van der Waals surface area contributed by atoms with Crippen LogP contribution in [0.4, 0.5) is 0 Å². The number of piperazine rings is 1. The molecule has 0 saturated carbocycles. The lowest BCUT2D eigenvalue weighted by atomic mass is 10.1. The van der Waals surface area contributed by atoms with Crippen LogP contribution in [0.2, 0.25) is 0 Å². The maximum absolute atomic E-state index is 12.7. The molecule has 1 saturated heterocycles. The van der Waals surface area contributed by atoms with Crippen molar-refractivity contribution in [2.45, 2.75) is 25.3 Å². The first-order chi connectivity index (χ1) is 12.2. The highest BCUT2D eigenvalue weighted by Gasteiger charge is 2.33. The molecule has 0 aliphatic carbocycles. The van der Waals surface area contributed by atoms with Crippen molar-refractivity contribution >= 4 is 28.5 Å². The van der Waals surface area contributed by atoms with Gasteiger partial charge in [0, 0.05) is 13.1 Å². The number of carbonyl (C=O) groups excluding carboxylic acids is 1. The molecule has 1 amide bonds. The van der Waals surface area contributed by atoms with Crippen molar-refractivity contribution in [3.8, 4) is 5.75 Å². The number of carbonyl (C=O) groups is 1. The first-order valence-corrected chi connectivity index (χ1v) is 9.06. The Bertz CT molecular complexity index is 725. The molecule has 1 aliphatic rings. The Balaban J connectivity index is 1.60. The summed E-state index contributed by atoms with van der Waals surface area (Å²) in [6.45, 7) is 2.10. The van der Waals surface area contributed by atoms with Crippen molar-refractivity contribution < 1.29 is 9.53 Å². The number of unbranched alkanes of at least 4 members (excludes halogenated alkanes) is 1. The molecule has 0 unspecified atom stereocenters. The summed E-state index contributed by atoms with van der Waals surface area (Å²) < 4.78 is 7.47. The lowest BCUT2D eigenvalue weighted by molar-refractivity contribution is -0.142. The summed E-state index contributed by atoms with van der Waals surface area (Å²) in [7, 11) is 0. The van der Waals surface area contributed by atoms with Gasteiger partial charge in [0.15, 0.2) is 6.73 Å². The molecular formula is C19H24ClN3O2. The molecule has 6 heteroatoms.